The molecule has 2 unspecified atom stereocenters. The molecule has 2 atom stereocenters. The van der Waals surface area contributed by atoms with Crippen molar-refractivity contribution in [2.75, 3.05) is 26.1 Å². The molecule has 0 bridgehead atoms. The van der Waals surface area contributed by atoms with E-state index in [1.807, 2.05) is 0 Å². The van der Waals surface area contributed by atoms with Gasteiger partial charge in [0.15, 0.2) is 5.82 Å². The second kappa shape index (κ2) is 8.02. The Balaban J connectivity index is 2.08. The molecule has 6 nitrogen and oxygen atoms in total. The summed E-state index contributed by atoms with van der Waals surface area (Å²) >= 11 is 0. The van der Waals surface area contributed by atoms with Crippen molar-refractivity contribution >= 4 is 5.82 Å². The highest BCUT2D eigenvalue weighted by Gasteiger charge is 2.25. The summed E-state index contributed by atoms with van der Waals surface area (Å²) in [7, 11) is 3.37. The van der Waals surface area contributed by atoms with Crippen molar-refractivity contribution in [3.8, 4) is 11.6 Å². The monoisotopic (exact) mass is 295 g/mol. The smallest absolute Gasteiger partial charge is 0.262 e. The molecule has 1 N–H and O–H groups in total. The number of rotatable bonds is 7. The fourth-order valence-electron chi connectivity index (χ4n) is 2.58. The van der Waals surface area contributed by atoms with Crippen molar-refractivity contribution in [2.24, 2.45) is 0 Å². The molecule has 118 valence electrons. The van der Waals surface area contributed by atoms with E-state index in [1.165, 1.54) is 6.33 Å². The van der Waals surface area contributed by atoms with E-state index in [0.717, 1.165) is 38.6 Å². The molecule has 1 aromatic heterocycles. The minimum absolute atomic E-state index is 0.117. The highest BCUT2D eigenvalue weighted by Crippen LogP contribution is 2.33. The number of aromatic nitrogens is 2. The van der Waals surface area contributed by atoms with Gasteiger partial charge in [-0.3, -0.25) is 0 Å². The molecule has 2 rings (SSSR count). The fraction of sp³-hybridized carbons (Fsp3) is 0.733. The number of hydrogen-bond donors (Lipinski definition) is 1. The number of ether oxygens (including phenoxy) is 3. The van der Waals surface area contributed by atoms with Crippen LogP contribution < -0.4 is 14.8 Å². The zero-order valence-electron chi connectivity index (χ0n) is 13.1. The third-order valence-electron chi connectivity index (χ3n) is 3.71. The van der Waals surface area contributed by atoms with Crippen molar-refractivity contribution in [3.63, 3.8) is 0 Å². The van der Waals surface area contributed by atoms with Crippen LogP contribution in [0.15, 0.2) is 6.33 Å². The molecule has 6 heteroatoms. The lowest BCUT2D eigenvalue weighted by Crippen LogP contribution is -2.29. The number of nitrogens with zero attached hydrogens (tertiary/aromatic N) is 2. The van der Waals surface area contributed by atoms with Gasteiger partial charge in [0.05, 0.1) is 13.2 Å². The average molecular weight is 295 g/mol. The molecule has 1 fully saturated rings. The summed E-state index contributed by atoms with van der Waals surface area (Å²) in [6, 6.07) is 0. The molecule has 0 amide bonds. The molecule has 0 saturated heterocycles. The molecule has 1 aromatic rings. The summed E-state index contributed by atoms with van der Waals surface area (Å²) < 4.78 is 16.9. The Morgan fingerprint density at radius 3 is 2.76 bits per heavy atom. The average Bonchev–Trinajstić information content (AvgIpc) is 2.53. The van der Waals surface area contributed by atoms with Crippen molar-refractivity contribution in [3.05, 3.63) is 6.33 Å². The largest absolute Gasteiger partial charge is 0.489 e. The third kappa shape index (κ3) is 4.20. The molecule has 0 radical (unpaired) electrons. The lowest BCUT2D eigenvalue weighted by atomic mass is 9.95. The van der Waals surface area contributed by atoms with Crippen LogP contribution in [0.25, 0.3) is 0 Å². The van der Waals surface area contributed by atoms with Gasteiger partial charge in [-0.15, -0.1) is 0 Å². The van der Waals surface area contributed by atoms with E-state index < -0.39 is 0 Å². The fourth-order valence-corrected chi connectivity index (χ4v) is 2.58. The summed E-state index contributed by atoms with van der Waals surface area (Å²) in [5.74, 6) is 1.77. The molecule has 1 aliphatic rings. The van der Waals surface area contributed by atoms with Gasteiger partial charge in [0.2, 0.25) is 5.75 Å². The highest BCUT2D eigenvalue weighted by molar-refractivity contribution is 5.55. The Bertz CT molecular complexity index is 442. The second-order valence-electron chi connectivity index (χ2n) is 5.25. The van der Waals surface area contributed by atoms with E-state index in [9.17, 15) is 0 Å². The van der Waals surface area contributed by atoms with E-state index in [4.69, 9.17) is 14.2 Å². The van der Waals surface area contributed by atoms with Crippen molar-refractivity contribution < 1.29 is 14.2 Å². The van der Waals surface area contributed by atoms with Gasteiger partial charge in [-0.2, -0.15) is 4.98 Å². The lowest BCUT2D eigenvalue weighted by molar-refractivity contribution is 0.0186. The van der Waals surface area contributed by atoms with Crippen LogP contribution >= 0.6 is 0 Å². The Morgan fingerprint density at radius 2 is 2.05 bits per heavy atom. The summed E-state index contributed by atoms with van der Waals surface area (Å²) in [5.41, 5.74) is 0. The normalized spacial score (nSPS) is 21.9. The Kier molecular flexibility index (Phi) is 6.04. The van der Waals surface area contributed by atoms with Crippen molar-refractivity contribution in [2.45, 2.75) is 51.2 Å². The molecule has 0 aliphatic heterocycles. The van der Waals surface area contributed by atoms with Crippen LogP contribution in [0.2, 0.25) is 0 Å². The SMILES string of the molecule is CCCNc1ncnc(OC2CCCC(OC)C2)c1OC. The van der Waals surface area contributed by atoms with E-state index in [1.54, 1.807) is 14.2 Å². The number of anilines is 1. The molecule has 0 aromatic carbocycles. The van der Waals surface area contributed by atoms with Gasteiger partial charge in [0.25, 0.3) is 5.88 Å². The van der Waals surface area contributed by atoms with Crippen LogP contribution in [0, 0.1) is 0 Å². The first-order valence-electron chi connectivity index (χ1n) is 7.60. The predicted molar refractivity (Wildman–Crippen MR) is 81.0 cm³/mol. The molecular weight excluding hydrogens is 270 g/mol. The van der Waals surface area contributed by atoms with Crippen LogP contribution in [0.5, 0.6) is 11.6 Å². The summed E-state index contributed by atoms with van der Waals surface area (Å²) in [4.78, 5) is 8.44. The van der Waals surface area contributed by atoms with Gasteiger partial charge in [-0.05, 0) is 25.7 Å². The van der Waals surface area contributed by atoms with E-state index in [-0.39, 0.29) is 12.2 Å². The van der Waals surface area contributed by atoms with Gasteiger partial charge in [0, 0.05) is 20.1 Å². The molecule has 1 saturated carbocycles. The first-order chi connectivity index (χ1) is 10.3. The summed E-state index contributed by atoms with van der Waals surface area (Å²) in [6.07, 6.45) is 7.03. The molecular formula is C15H25N3O3. The Hall–Kier alpha value is -1.56. The number of nitrogens with one attached hydrogen (secondary N) is 1. The first-order valence-corrected chi connectivity index (χ1v) is 7.60. The molecule has 21 heavy (non-hydrogen) atoms. The molecule has 1 aliphatic carbocycles. The third-order valence-corrected chi connectivity index (χ3v) is 3.71. The zero-order valence-corrected chi connectivity index (χ0v) is 13.1. The van der Waals surface area contributed by atoms with Gasteiger partial charge in [-0.1, -0.05) is 6.92 Å². The van der Waals surface area contributed by atoms with E-state index in [0.29, 0.717) is 17.4 Å². The topological polar surface area (TPSA) is 65.5 Å². The highest BCUT2D eigenvalue weighted by atomic mass is 16.5. The van der Waals surface area contributed by atoms with E-state index >= 15 is 0 Å². The van der Waals surface area contributed by atoms with E-state index in [2.05, 4.69) is 22.2 Å². The van der Waals surface area contributed by atoms with Gasteiger partial charge in [-0.25, -0.2) is 4.98 Å². The molecule has 0 spiro atoms. The maximum absolute atomic E-state index is 6.03. The Morgan fingerprint density at radius 1 is 1.24 bits per heavy atom. The minimum atomic E-state index is 0.117. The van der Waals surface area contributed by atoms with Gasteiger partial charge >= 0.3 is 0 Å². The van der Waals surface area contributed by atoms with Crippen molar-refractivity contribution in [1.82, 2.24) is 9.97 Å². The summed E-state index contributed by atoms with van der Waals surface area (Å²) in [5, 5.41) is 3.23. The minimum Gasteiger partial charge on any atom is -0.489 e. The maximum Gasteiger partial charge on any atom is 0.262 e. The quantitative estimate of drug-likeness (QED) is 0.834. The van der Waals surface area contributed by atoms with Crippen LogP contribution in [0.3, 0.4) is 0 Å². The van der Waals surface area contributed by atoms with Gasteiger partial charge in [0.1, 0.15) is 12.4 Å². The maximum atomic E-state index is 6.03. The van der Waals surface area contributed by atoms with Crippen LogP contribution in [-0.4, -0.2) is 42.9 Å². The lowest BCUT2D eigenvalue weighted by Gasteiger charge is -2.28. The summed E-state index contributed by atoms with van der Waals surface area (Å²) in [6.45, 7) is 2.94. The Labute approximate surface area is 126 Å². The van der Waals surface area contributed by atoms with Crippen LogP contribution in [0.1, 0.15) is 39.0 Å². The standard InChI is InChI=1S/C15H25N3O3/c1-4-8-16-14-13(20-3)15(18-10-17-14)21-12-7-5-6-11(9-12)19-2/h10-12H,4-9H2,1-3H3,(H,16,17,18). The van der Waals surface area contributed by atoms with Crippen molar-refractivity contribution in [1.29, 1.82) is 0 Å². The first kappa shape index (κ1) is 15.8. The zero-order chi connectivity index (χ0) is 15.1. The van der Waals surface area contributed by atoms with Gasteiger partial charge < -0.3 is 19.5 Å². The van der Waals surface area contributed by atoms with Crippen LogP contribution in [0.4, 0.5) is 5.82 Å². The molecule has 1 heterocycles. The van der Waals surface area contributed by atoms with Crippen LogP contribution in [-0.2, 0) is 4.74 Å². The second-order valence-corrected chi connectivity index (χ2v) is 5.25. The number of hydrogen-bond acceptors (Lipinski definition) is 6. The number of methoxy groups -OCH3 is 2. The predicted octanol–water partition coefficient (Wildman–Crippen LogP) is 2.64.